The Morgan fingerprint density at radius 1 is 0.319 bits per heavy atom. The highest BCUT2D eigenvalue weighted by Crippen LogP contribution is 2.45. The maximum Gasteiger partial charge on any atom is 0.472 e. The maximum absolute atomic E-state index is 13.0. The summed E-state index contributed by atoms with van der Waals surface area (Å²) < 4.78 is 68.3. The Morgan fingerprint density at radius 3 is 0.835 bits per heavy atom. The van der Waals surface area contributed by atoms with E-state index in [9.17, 15) is 43.2 Å². The van der Waals surface area contributed by atoms with Crippen molar-refractivity contribution in [3.63, 3.8) is 0 Å². The number of carbonyl (C=O) groups excluding carboxylic acids is 4. The Labute approximate surface area is 556 Å². The van der Waals surface area contributed by atoms with Crippen molar-refractivity contribution in [1.82, 2.24) is 0 Å². The molecule has 0 fully saturated rings. The third-order valence-corrected chi connectivity index (χ3v) is 19.0. The van der Waals surface area contributed by atoms with Crippen LogP contribution in [0.25, 0.3) is 0 Å². The van der Waals surface area contributed by atoms with Crippen molar-refractivity contribution >= 4 is 39.5 Å². The molecule has 0 aromatic carbocycles. The minimum absolute atomic E-state index is 0.105. The highest BCUT2D eigenvalue weighted by atomic mass is 31.2. The number of ether oxygens (including phenoxy) is 4. The summed E-state index contributed by atoms with van der Waals surface area (Å²) >= 11 is 0. The van der Waals surface area contributed by atoms with E-state index in [4.69, 9.17) is 37.0 Å². The molecule has 0 saturated heterocycles. The minimum atomic E-state index is -4.95. The van der Waals surface area contributed by atoms with Crippen molar-refractivity contribution < 1.29 is 80.2 Å². The molecule has 0 aromatic heterocycles. The molecule has 3 unspecified atom stereocenters. The van der Waals surface area contributed by atoms with Gasteiger partial charge in [0.1, 0.15) is 19.3 Å². The first kappa shape index (κ1) is 89.1. The van der Waals surface area contributed by atoms with E-state index in [1.807, 2.05) is 0 Å². The summed E-state index contributed by atoms with van der Waals surface area (Å²) in [6.07, 6.45) is 49.9. The van der Waals surface area contributed by atoms with E-state index < -0.39 is 97.5 Å². The predicted octanol–water partition coefficient (Wildman–Crippen LogP) is 20.8. The van der Waals surface area contributed by atoms with Gasteiger partial charge in [-0.2, -0.15) is 0 Å². The summed E-state index contributed by atoms with van der Waals surface area (Å²) in [7, 11) is -9.90. The van der Waals surface area contributed by atoms with Crippen LogP contribution in [0.1, 0.15) is 369 Å². The van der Waals surface area contributed by atoms with Crippen molar-refractivity contribution in [3.05, 3.63) is 0 Å². The minimum Gasteiger partial charge on any atom is -0.462 e. The summed E-state index contributed by atoms with van der Waals surface area (Å²) in [4.78, 5) is 72.6. The van der Waals surface area contributed by atoms with Crippen LogP contribution in [0.4, 0.5) is 0 Å². The molecule has 91 heavy (non-hydrogen) atoms. The SMILES string of the molecule is CCCCCCCCCCCCCCCCCCCC(=O)O[C@H](COC(=O)CCCCCCCCCCCCCC(C)C)COP(=O)(O)OC[C@@H](O)COP(=O)(O)OC[C@@H](COC(=O)CCCCCCCCCC)OC(=O)CCCCCCCCCCC(C)CC. The largest absolute Gasteiger partial charge is 0.472 e. The molecule has 0 rings (SSSR count). The predicted molar refractivity (Wildman–Crippen MR) is 368 cm³/mol. The number of aliphatic hydroxyl groups excluding tert-OH is 1. The van der Waals surface area contributed by atoms with Gasteiger partial charge in [-0.3, -0.25) is 37.3 Å². The summed E-state index contributed by atoms with van der Waals surface area (Å²) in [5, 5.41) is 10.6. The van der Waals surface area contributed by atoms with Crippen molar-refractivity contribution in [2.75, 3.05) is 39.6 Å². The highest BCUT2D eigenvalue weighted by molar-refractivity contribution is 7.47. The van der Waals surface area contributed by atoms with Gasteiger partial charge in [0.15, 0.2) is 12.2 Å². The second kappa shape index (κ2) is 64.1. The fourth-order valence-corrected chi connectivity index (χ4v) is 12.5. The average Bonchev–Trinajstić information content (AvgIpc) is 3.57. The van der Waals surface area contributed by atoms with Gasteiger partial charge in [-0.1, -0.05) is 318 Å². The van der Waals surface area contributed by atoms with Crippen LogP contribution >= 0.6 is 15.6 Å². The number of phosphoric ester groups is 2. The van der Waals surface area contributed by atoms with Crippen molar-refractivity contribution in [1.29, 1.82) is 0 Å². The van der Waals surface area contributed by atoms with Crippen molar-refractivity contribution in [3.8, 4) is 0 Å². The van der Waals surface area contributed by atoms with Gasteiger partial charge in [-0.25, -0.2) is 9.13 Å². The lowest BCUT2D eigenvalue weighted by Crippen LogP contribution is -2.30. The Morgan fingerprint density at radius 2 is 0.560 bits per heavy atom. The Hall–Kier alpha value is -1.94. The van der Waals surface area contributed by atoms with Crippen LogP contribution in [0, 0.1) is 11.8 Å². The number of esters is 4. The smallest absolute Gasteiger partial charge is 0.462 e. The fourth-order valence-electron chi connectivity index (χ4n) is 10.9. The molecule has 0 aliphatic heterocycles. The van der Waals surface area contributed by atoms with Crippen LogP contribution in [0.5, 0.6) is 0 Å². The zero-order chi connectivity index (χ0) is 67.2. The number of carbonyl (C=O) groups is 4. The number of hydrogen-bond donors (Lipinski definition) is 3. The van der Waals surface area contributed by atoms with Crippen molar-refractivity contribution in [2.24, 2.45) is 11.8 Å². The zero-order valence-corrected chi connectivity index (χ0v) is 60.9. The zero-order valence-electron chi connectivity index (χ0n) is 59.1. The van der Waals surface area contributed by atoms with Gasteiger partial charge in [-0.15, -0.1) is 0 Å². The normalized spacial score (nSPS) is 14.4. The molecular formula is C72H140O17P2. The molecule has 0 aliphatic carbocycles. The molecule has 0 aliphatic rings. The lowest BCUT2D eigenvalue weighted by molar-refractivity contribution is -0.161. The van der Waals surface area contributed by atoms with E-state index in [1.165, 1.54) is 180 Å². The second-order valence-corrected chi connectivity index (χ2v) is 29.6. The number of hydrogen-bond acceptors (Lipinski definition) is 15. The van der Waals surface area contributed by atoms with E-state index >= 15 is 0 Å². The molecule has 0 aromatic rings. The van der Waals surface area contributed by atoms with Gasteiger partial charge >= 0.3 is 39.5 Å². The van der Waals surface area contributed by atoms with Crippen LogP contribution in [0.15, 0.2) is 0 Å². The molecule has 0 heterocycles. The van der Waals surface area contributed by atoms with E-state index in [2.05, 4.69) is 41.5 Å². The Bertz CT molecular complexity index is 1770. The van der Waals surface area contributed by atoms with Crippen LogP contribution in [-0.2, 0) is 65.4 Å². The number of phosphoric acid groups is 2. The summed E-state index contributed by atoms with van der Waals surface area (Å²) in [5.41, 5.74) is 0. The monoisotopic (exact) mass is 1340 g/mol. The molecule has 0 saturated carbocycles. The van der Waals surface area contributed by atoms with Gasteiger partial charge in [0.25, 0.3) is 0 Å². The van der Waals surface area contributed by atoms with E-state index in [-0.39, 0.29) is 25.7 Å². The number of unbranched alkanes of at least 4 members (excludes halogenated alkanes) is 40. The van der Waals surface area contributed by atoms with Gasteiger partial charge in [0, 0.05) is 25.7 Å². The molecule has 0 spiro atoms. The first-order valence-corrected chi connectivity index (χ1v) is 40.5. The average molecular weight is 1340 g/mol. The summed E-state index contributed by atoms with van der Waals surface area (Å²) in [5.74, 6) is -0.583. The van der Waals surface area contributed by atoms with Crippen LogP contribution in [0.2, 0.25) is 0 Å². The van der Waals surface area contributed by atoms with Gasteiger partial charge in [0.2, 0.25) is 0 Å². The molecule has 540 valence electrons. The van der Waals surface area contributed by atoms with Crippen molar-refractivity contribution in [2.45, 2.75) is 387 Å². The van der Waals surface area contributed by atoms with Gasteiger partial charge in [-0.05, 0) is 37.5 Å². The van der Waals surface area contributed by atoms with E-state index in [1.54, 1.807) is 0 Å². The highest BCUT2D eigenvalue weighted by Gasteiger charge is 2.30. The van der Waals surface area contributed by atoms with E-state index in [0.717, 1.165) is 108 Å². The molecule has 0 amide bonds. The Kier molecular flexibility index (Phi) is 62.7. The summed E-state index contributed by atoms with van der Waals surface area (Å²) in [6.45, 7) is 9.54. The van der Waals surface area contributed by atoms with Crippen LogP contribution < -0.4 is 0 Å². The molecule has 0 radical (unpaired) electrons. The lowest BCUT2D eigenvalue weighted by atomic mass is 9.99. The van der Waals surface area contributed by atoms with Gasteiger partial charge < -0.3 is 33.8 Å². The molecule has 3 N–H and O–H groups in total. The van der Waals surface area contributed by atoms with Crippen LogP contribution in [-0.4, -0.2) is 96.7 Å². The second-order valence-electron chi connectivity index (χ2n) is 26.7. The topological polar surface area (TPSA) is 237 Å². The standard InChI is InChI=1S/C72H140O17P2/c1-7-10-12-14-16-18-19-20-21-22-23-24-27-31-38-44-50-56-71(76)88-68(61-83-70(75)55-49-43-37-30-28-25-26-29-34-40-46-52-64(4)5)63-87-91(80,81)85-59-66(73)58-84-90(78,79)86-62-67(60-82-69(74)54-48-42-36-17-15-13-11-8-2)89-72(77)57-51-45-39-33-32-35-41-47-53-65(6)9-3/h64-68,73H,7-63H2,1-6H3,(H,78,79)(H,80,81)/t65?,66-,67+,68+/m0/s1. The van der Waals surface area contributed by atoms with E-state index in [0.29, 0.717) is 25.7 Å². The first-order chi connectivity index (χ1) is 43.9. The molecule has 19 heteroatoms. The lowest BCUT2D eigenvalue weighted by Gasteiger charge is -2.21. The first-order valence-electron chi connectivity index (χ1n) is 37.5. The third kappa shape index (κ3) is 65.1. The Balaban J connectivity index is 5.23. The summed E-state index contributed by atoms with van der Waals surface area (Å²) in [6, 6.07) is 0. The fraction of sp³-hybridized carbons (Fsp3) is 0.944. The number of aliphatic hydroxyl groups is 1. The number of rotatable bonds is 71. The molecule has 0 bridgehead atoms. The maximum atomic E-state index is 13.0. The third-order valence-electron chi connectivity index (χ3n) is 17.1. The molecular weight excluding hydrogens is 1200 g/mol. The van der Waals surface area contributed by atoms with Crippen LogP contribution in [0.3, 0.4) is 0 Å². The molecule has 17 nitrogen and oxygen atoms in total. The quantitative estimate of drug-likeness (QED) is 0.0222. The van der Waals surface area contributed by atoms with Gasteiger partial charge in [0.05, 0.1) is 26.4 Å². The molecule has 6 atom stereocenters.